The van der Waals surface area contributed by atoms with E-state index in [0.29, 0.717) is 17.1 Å². The number of nitrogens with zero attached hydrogens (tertiary/aromatic N) is 4. The number of alkyl halides is 3. The molecule has 23 heavy (non-hydrogen) atoms. The Morgan fingerprint density at radius 2 is 1.96 bits per heavy atom. The van der Waals surface area contributed by atoms with Gasteiger partial charge in [-0.25, -0.2) is 19.0 Å². The average molecular weight is 327 g/mol. The van der Waals surface area contributed by atoms with Crippen LogP contribution in [0.4, 0.5) is 23.4 Å². The van der Waals surface area contributed by atoms with E-state index in [0.717, 1.165) is 12.1 Å². The zero-order valence-electron chi connectivity index (χ0n) is 11.6. The Hall–Kier alpha value is -2.91. The van der Waals surface area contributed by atoms with Gasteiger partial charge in [0, 0.05) is 18.7 Å². The largest absolute Gasteiger partial charge is 0.573 e. The average Bonchev–Trinajstić information content (AvgIpc) is 2.76. The summed E-state index contributed by atoms with van der Waals surface area (Å²) in [7, 11) is 1.58. The van der Waals surface area contributed by atoms with Crippen LogP contribution in [0.3, 0.4) is 0 Å². The van der Waals surface area contributed by atoms with E-state index in [4.69, 9.17) is 5.73 Å². The zero-order chi connectivity index (χ0) is 16.8. The van der Waals surface area contributed by atoms with Crippen LogP contribution >= 0.6 is 0 Å². The van der Waals surface area contributed by atoms with E-state index >= 15 is 0 Å². The van der Waals surface area contributed by atoms with Crippen LogP contribution in [0.2, 0.25) is 0 Å². The molecule has 0 amide bonds. The lowest BCUT2D eigenvalue weighted by atomic mass is 10.1. The van der Waals surface area contributed by atoms with E-state index in [2.05, 4.69) is 19.8 Å². The number of anilines is 1. The number of nitrogens with two attached hydrogens (primary N) is 1. The Morgan fingerprint density at radius 1 is 1.22 bits per heavy atom. The second-order valence-electron chi connectivity index (χ2n) is 4.62. The highest BCUT2D eigenvalue weighted by molar-refractivity contribution is 5.98. The predicted molar refractivity (Wildman–Crippen MR) is 72.8 cm³/mol. The van der Waals surface area contributed by atoms with Crippen molar-refractivity contribution in [2.75, 3.05) is 5.73 Å². The van der Waals surface area contributed by atoms with Gasteiger partial charge in [-0.1, -0.05) is 0 Å². The molecule has 2 heterocycles. The van der Waals surface area contributed by atoms with Gasteiger partial charge in [-0.05, 0) is 12.1 Å². The Morgan fingerprint density at radius 3 is 2.61 bits per heavy atom. The first-order valence-corrected chi connectivity index (χ1v) is 6.25. The number of ether oxygens (including phenoxy) is 1. The third-order valence-electron chi connectivity index (χ3n) is 3.08. The van der Waals surface area contributed by atoms with Crippen molar-refractivity contribution in [2.24, 2.45) is 7.05 Å². The smallest absolute Gasteiger partial charge is 0.406 e. The first-order chi connectivity index (χ1) is 10.8. The molecule has 0 spiro atoms. The van der Waals surface area contributed by atoms with Crippen molar-refractivity contribution in [1.82, 2.24) is 19.7 Å². The molecule has 0 atom stereocenters. The van der Waals surface area contributed by atoms with Gasteiger partial charge in [-0.3, -0.25) is 0 Å². The number of fused-ring (bicyclic) bond motifs is 1. The lowest BCUT2D eigenvalue weighted by Crippen LogP contribution is -2.17. The Bertz CT molecular complexity index is 890. The number of halogens is 4. The van der Waals surface area contributed by atoms with Crippen molar-refractivity contribution in [3.05, 3.63) is 30.3 Å². The second kappa shape index (κ2) is 5.07. The van der Waals surface area contributed by atoms with Crippen molar-refractivity contribution in [3.63, 3.8) is 0 Å². The first kappa shape index (κ1) is 15.0. The lowest BCUT2D eigenvalue weighted by molar-refractivity contribution is -0.274. The van der Waals surface area contributed by atoms with Crippen LogP contribution in [0.15, 0.2) is 24.5 Å². The van der Waals surface area contributed by atoms with Gasteiger partial charge in [0.15, 0.2) is 5.65 Å². The Kier molecular flexibility index (Phi) is 3.31. The van der Waals surface area contributed by atoms with Gasteiger partial charge in [0.25, 0.3) is 0 Å². The number of nitrogen functional groups attached to an aromatic ring is 1. The molecule has 120 valence electrons. The molecule has 6 nitrogen and oxygen atoms in total. The van der Waals surface area contributed by atoms with Gasteiger partial charge < -0.3 is 10.5 Å². The molecular formula is C13H9F4N5O. The highest BCUT2D eigenvalue weighted by Gasteiger charge is 2.31. The molecule has 3 aromatic rings. The number of hydrogen-bond donors (Lipinski definition) is 1. The van der Waals surface area contributed by atoms with Crippen molar-refractivity contribution in [3.8, 4) is 17.0 Å². The van der Waals surface area contributed by atoms with Crippen LogP contribution in [0.5, 0.6) is 5.75 Å². The third kappa shape index (κ3) is 2.74. The number of benzene rings is 1. The maximum Gasteiger partial charge on any atom is 0.573 e. The fourth-order valence-electron chi connectivity index (χ4n) is 2.18. The minimum Gasteiger partial charge on any atom is -0.406 e. The van der Waals surface area contributed by atoms with Crippen LogP contribution in [-0.2, 0) is 7.05 Å². The summed E-state index contributed by atoms with van der Waals surface area (Å²) >= 11 is 0. The monoisotopic (exact) mass is 327 g/mol. The van der Waals surface area contributed by atoms with E-state index in [1.54, 1.807) is 7.05 Å². The molecule has 0 fully saturated rings. The molecule has 0 bridgehead atoms. The van der Waals surface area contributed by atoms with Gasteiger partial charge in [0.1, 0.15) is 29.4 Å². The summed E-state index contributed by atoms with van der Waals surface area (Å²) < 4.78 is 55.8. The zero-order valence-corrected chi connectivity index (χ0v) is 11.6. The number of rotatable bonds is 2. The summed E-state index contributed by atoms with van der Waals surface area (Å²) in [5.41, 5.74) is 6.25. The van der Waals surface area contributed by atoms with E-state index in [-0.39, 0.29) is 17.1 Å². The van der Waals surface area contributed by atoms with Crippen LogP contribution < -0.4 is 10.5 Å². The summed E-state index contributed by atoms with van der Waals surface area (Å²) in [6.07, 6.45) is -3.66. The molecule has 0 aliphatic carbocycles. The summed E-state index contributed by atoms with van der Waals surface area (Å²) in [6, 6.07) is 2.75. The van der Waals surface area contributed by atoms with Crippen LogP contribution in [-0.4, -0.2) is 26.1 Å². The quantitative estimate of drug-likeness (QED) is 0.732. The maximum absolute atomic E-state index is 14.2. The lowest BCUT2D eigenvalue weighted by Gasteiger charge is -2.09. The maximum atomic E-state index is 14.2. The topological polar surface area (TPSA) is 78.9 Å². The fraction of sp³-hybridized carbons (Fsp3) is 0.154. The molecule has 0 aliphatic rings. The van der Waals surface area contributed by atoms with E-state index in [9.17, 15) is 17.6 Å². The summed E-state index contributed by atoms with van der Waals surface area (Å²) in [6.45, 7) is 0. The normalized spacial score (nSPS) is 11.9. The standard InChI is InChI=1S/C13H9F4N5O/c1-22-12-9(11(18)19-5-20-12)10(21-22)7-3-2-6(4-8(7)14)23-13(15,16)17/h2-5H,1H3,(H2,18,19,20). The van der Waals surface area contributed by atoms with Crippen molar-refractivity contribution < 1.29 is 22.3 Å². The molecule has 0 saturated heterocycles. The Balaban J connectivity index is 2.13. The SMILES string of the molecule is Cn1nc(-c2ccc(OC(F)(F)F)cc2F)c2c(N)ncnc21. The van der Waals surface area contributed by atoms with Gasteiger partial charge in [-0.15, -0.1) is 13.2 Å². The molecule has 0 radical (unpaired) electrons. The highest BCUT2D eigenvalue weighted by atomic mass is 19.4. The minimum absolute atomic E-state index is 0.0355. The molecular weight excluding hydrogens is 318 g/mol. The number of hydrogen-bond acceptors (Lipinski definition) is 5. The summed E-state index contributed by atoms with van der Waals surface area (Å²) in [4.78, 5) is 7.82. The van der Waals surface area contributed by atoms with E-state index in [1.807, 2.05) is 0 Å². The molecule has 10 heteroatoms. The molecule has 2 N–H and O–H groups in total. The van der Waals surface area contributed by atoms with Gasteiger partial charge >= 0.3 is 6.36 Å². The molecule has 2 aromatic heterocycles. The number of aryl methyl sites for hydroxylation is 1. The van der Waals surface area contributed by atoms with Crippen LogP contribution in [0, 0.1) is 5.82 Å². The molecule has 0 saturated carbocycles. The number of aromatic nitrogens is 4. The van der Waals surface area contributed by atoms with Gasteiger partial charge in [0.05, 0.1) is 5.39 Å². The van der Waals surface area contributed by atoms with Crippen molar-refractivity contribution in [1.29, 1.82) is 0 Å². The summed E-state index contributed by atoms with van der Waals surface area (Å²) in [5.74, 6) is -1.51. The van der Waals surface area contributed by atoms with Crippen LogP contribution in [0.1, 0.15) is 0 Å². The van der Waals surface area contributed by atoms with E-state index < -0.39 is 17.9 Å². The van der Waals surface area contributed by atoms with E-state index in [1.165, 1.54) is 11.0 Å². The highest BCUT2D eigenvalue weighted by Crippen LogP contribution is 2.33. The fourth-order valence-corrected chi connectivity index (χ4v) is 2.18. The van der Waals surface area contributed by atoms with Crippen molar-refractivity contribution in [2.45, 2.75) is 6.36 Å². The second-order valence-corrected chi connectivity index (χ2v) is 4.62. The van der Waals surface area contributed by atoms with Crippen LogP contribution in [0.25, 0.3) is 22.3 Å². The molecule has 1 aromatic carbocycles. The van der Waals surface area contributed by atoms with Gasteiger partial charge in [-0.2, -0.15) is 5.10 Å². The first-order valence-electron chi connectivity index (χ1n) is 6.25. The Labute approximate surface area is 126 Å². The molecule has 3 rings (SSSR count). The third-order valence-corrected chi connectivity index (χ3v) is 3.08. The van der Waals surface area contributed by atoms with Gasteiger partial charge in [0.2, 0.25) is 0 Å². The summed E-state index contributed by atoms with van der Waals surface area (Å²) in [5, 5.41) is 4.44. The minimum atomic E-state index is -4.90. The van der Waals surface area contributed by atoms with Crippen molar-refractivity contribution >= 4 is 16.9 Å². The molecule has 0 unspecified atom stereocenters. The predicted octanol–water partition coefficient (Wildman–Crippen LogP) is 2.65. The molecule has 0 aliphatic heterocycles.